The molecule has 0 aliphatic carbocycles. The summed E-state index contributed by atoms with van der Waals surface area (Å²) in [6, 6.07) is 14.5. The van der Waals surface area contributed by atoms with Gasteiger partial charge in [0.15, 0.2) is 0 Å². The minimum absolute atomic E-state index is 0.169. The highest BCUT2D eigenvalue weighted by molar-refractivity contribution is 5.63. The molecule has 0 bridgehead atoms. The van der Waals surface area contributed by atoms with Gasteiger partial charge in [0.2, 0.25) is 5.88 Å². The molecule has 0 unspecified atom stereocenters. The van der Waals surface area contributed by atoms with E-state index < -0.39 is 0 Å². The largest absolute Gasteiger partial charge is 0.489 e. The van der Waals surface area contributed by atoms with E-state index in [4.69, 9.17) is 14.2 Å². The van der Waals surface area contributed by atoms with Crippen LogP contribution < -0.4 is 9.47 Å². The van der Waals surface area contributed by atoms with Crippen LogP contribution >= 0.6 is 0 Å². The molecular formula is C23H27FN2O3. The summed E-state index contributed by atoms with van der Waals surface area (Å²) in [6.07, 6.45) is 1.88. The first-order valence-corrected chi connectivity index (χ1v) is 9.68. The van der Waals surface area contributed by atoms with Crippen molar-refractivity contribution in [2.75, 3.05) is 20.8 Å². The monoisotopic (exact) mass is 398 g/mol. The lowest BCUT2D eigenvalue weighted by Gasteiger charge is -2.13. The molecule has 154 valence electrons. The maximum Gasteiger partial charge on any atom is 0.232 e. The molecule has 2 aromatic carbocycles. The average molecular weight is 398 g/mol. The number of nitrogens with one attached hydrogen (secondary N) is 1. The third kappa shape index (κ3) is 5.81. The lowest BCUT2D eigenvalue weighted by atomic mass is 9.99. The maximum absolute atomic E-state index is 13.9. The standard InChI is InChI=1S/C23H27FN2O3/c1-16(14-27-2)8-9-17-10-19(22-13-23(28-3)26-25-22)12-20(11-17)29-15-18-6-4-5-7-21(18)24/h4-7,10-13,16H,8-9,14-15H2,1-3H3,(H,25,26)/t16-/m1/s1. The fraction of sp³-hybridized carbons (Fsp3) is 0.348. The van der Waals surface area contributed by atoms with Crippen molar-refractivity contribution in [1.29, 1.82) is 0 Å². The predicted molar refractivity (Wildman–Crippen MR) is 111 cm³/mol. The van der Waals surface area contributed by atoms with Crippen LogP contribution in [0.5, 0.6) is 11.6 Å². The summed E-state index contributed by atoms with van der Waals surface area (Å²) in [7, 11) is 3.30. The Morgan fingerprint density at radius 1 is 1.10 bits per heavy atom. The molecule has 6 heteroatoms. The Kier molecular flexibility index (Phi) is 7.25. The molecule has 29 heavy (non-hydrogen) atoms. The van der Waals surface area contributed by atoms with Crippen LogP contribution in [0.2, 0.25) is 0 Å². The number of benzene rings is 2. The number of aromatic amines is 1. The number of hydrogen-bond acceptors (Lipinski definition) is 4. The maximum atomic E-state index is 13.9. The minimum Gasteiger partial charge on any atom is -0.489 e. The SMILES string of the molecule is COC[C@H](C)CCc1cc(OCc2ccccc2F)cc(-c2cc(OC)n[nH]2)c1. The van der Waals surface area contributed by atoms with Crippen LogP contribution in [0, 0.1) is 11.7 Å². The number of aryl methyl sites for hydroxylation is 1. The minimum atomic E-state index is -0.268. The number of methoxy groups -OCH3 is 2. The highest BCUT2D eigenvalue weighted by Gasteiger charge is 2.10. The molecule has 0 aliphatic rings. The number of ether oxygens (including phenoxy) is 3. The average Bonchev–Trinajstić information content (AvgIpc) is 3.21. The first-order chi connectivity index (χ1) is 14.1. The van der Waals surface area contributed by atoms with Gasteiger partial charge in [-0.15, -0.1) is 5.10 Å². The van der Waals surface area contributed by atoms with Crippen molar-refractivity contribution in [3.8, 4) is 22.9 Å². The molecule has 1 atom stereocenters. The third-order valence-corrected chi connectivity index (χ3v) is 4.77. The molecule has 1 heterocycles. The van der Waals surface area contributed by atoms with E-state index in [1.807, 2.05) is 18.2 Å². The predicted octanol–water partition coefficient (Wildman–Crippen LogP) is 5.02. The highest BCUT2D eigenvalue weighted by atomic mass is 19.1. The third-order valence-electron chi connectivity index (χ3n) is 4.77. The van der Waals surface area contributed by atoms with E-state index in [1.165, 1.54) is 6.07 Å². The second-order valence-corrected chi connectivity index (χ2v) is 7.17. The molecule has 1 N–H and O–H groups in total. The summed E-state index contributed by atoms with van der Waals surface area (Å²) in [5, 5.41) is 7.10. The van der Waals surface area contributed by atoms with Gasteiger partial charge in [0.25, 0.3) is 0 Å². The lowest BCUT2D eigenvalue weighted by molar-refractivity contribution is 0.156. The Balaban J connectivity index is 1.82. The van der Waals surface area contributed by atoms with Gasteiger partial charge in [-0.3, -0.25) is 5.10 Å². The molecule has 0 radical (unpaired) electrons. The van der Waals surface area contributed by atoms with E-state index in [2.05, 4.69) is 23.2 Å². The summed E-state index contributed by atoms with van der Waals surface area (Å²) in [4.78, 5) is 0. The molecule has 0 saturated heterocycles. The normalized spacial score (nSPS) is 12.0. The van der Waals surface area contributed by atoms with Crippen molar-refractivity contribution >= 4 is 0 Å². The van der Waals surface area contributed by atoms with Gasteiger partial charge in [-0.2, -0.15) is 0 Å². The van der Waals surface area contributed by atoms with Crippen LogP contribution in [-0.2, 0) is 17.8 Å². The molecule has 3 rings (SSSR count). The van der Waals surface area contributed by atoms with Crippen LogP contribution in [0.25, 0.3) is 11.3 Å². The first-order valence-electron chi connectivity index (χ1n) is 9.68. The molecule has 0 amide bonds. The summed E-state index contributed by atoms with van der Waals surface area (Å²) >= 11 is 0. The van der Waals surface area contributed by atoms with Gasteiger partial charge in [0, 0.05) is 30.9 Å². The van der Waals surface area contributed by atoms with E-state index >= 15 is 0 Å². The van der Waals surface area contributed by atoms with Crippen LogP contribution in [-0.4, -0.2) is 31.0 Å². The van der Waals surface area contributed by atoms with Gasteiger partial charge >= 0.3 is 0 Å². The van der Waals surface area contributed by atoms with E-state index in [9.17, 15) is 4.39 Å². The summed E-state index contributed by atoms with van der Waals surface area (Å²) < 4.78 is 30.3. The molecule has 3 aromatic rings. The molecule has 0 saturated carbocycles. The fourth-order valence-electron chi connectivity index (χ4n) is 3.16. The topological polar surface area (TPSA) is 56.4 Å². The Labute approximate surface area is 170 Å². The molecule has 0 fully saturated rings. The van der Waals surface area contributed by atoms with Crippen molar-refractivity contribution in [3.05, 3.63) is 65.5 Å². The van der Waals surface area contributed by atoms with Crippen molar-refractivity contribution in [1.82, 2.24) is 10.2 Å². The number of hydrogen-bond donors (Lipinski definition) is 1. The Bertz CT molecular complexity index is 926. The van der Waals surface area contributed by atoms with Crippen molar-refractivity contribution < 1.29 is 18.6 Å². The molecule has 5 nitrogen and oxygen atoms in total. The summed E-state index contributed by atoms with van der Waals surface area (Å²) in [6.45, 7) is 3.07. The highest BCUT2D eigenvalue weighted by Crippen LogP contribution is 2.28. The van der Waals surface area contributed by atoms with E-state index in [1.54, 1.807) is 32.4 Å². The smallest absolute Gasteiger partial charge is 0.232 e. The fourth-order valence-corrected chi connectivity index (χ4v) is 3.16. The first kappa shape index (κ1) is 20.9. The quantitative estimate of drug-likeness (QED) is 0.521. The summed E-state index contributed by atoms with van der Waals surface area (Å²) in [5.41, 5.74) is 3.45. The lowest BCUT2D eigenvalue weighted by Crippen LogP contribution is -2.05. The van der Waals surface area contributed by atoms with Crippen LogP contribution in [0.15, 0.2) is 48.5 Å². The van der Waals surface area contributed by atoms with Gasteiger partial charge in [0.1, 0.15) is 18.2 Å². The van der Waals surface area contributed by atoms with E-state index in [-0.39, 0.29) is 12.4 Å². The molecule has 0 aliphatic heterocycles. The number of nitrogens with zero attached hydrogens (tertiary/aromatic N) is 1. The second kappa shape index (κ2) is 10.1. The zero-order valence-electron chi connectivity index (χ0n) is 17.1. The summed E-state index contributed by atoms with van der Waals surface area (Å²) in [5.74, 6) is 1.40. The van der Waals surface area contributed by atoms with Crippen LogP contribution in [0.3, 0.4) is 0 Å². The number of aromatic nitrogens is 2. The number of H-pyrrole nitrogens is 1. The van der Waals surface area contributed by atoms with Gasteiger partial charge in [-0.25, -0.2) is 4.39 Å². The van der Waals surface area contributed by atoms with Gasteiger partial charge < -0.3 is 14.2 Å². The number of rotatable bonds is 10. The molecular weight excluding hydrogens is 371 g/mol. The second-order valence-electron chi connectivity index (χ2n) is 7.17. The Morgan fingerprint density at radius 2 is 1.93 bits per heavy atom. The van der Waals surface area contributed by atoms with Crippen LogP contribution in [0.4, 0.5) is 4.39 Å². The Morgan fingerprint density at radius 3 is 2.66 bits per heavy atom. The van der Waals surface area contributed by atoms with Gasteiger partial charge in [-0.05, 0) is 48.6 Å². The van der Waals surface area contributed by atoms with Crippen LogP contribution in [0.1, 0.15) is 24.5 Å². The zero-order valence-corrected chi connectivity index (χ0v) is 17.1. The molecule has 1 aromatic heterocycles. The van der Waals surface area contributed by atoms with Crippen molar-refractivity contribution in [3.63, 3.8) is 0 Å². The van der Waals surface area contributed by atoms with Crippen molar-refractivity contribution in [2.24, 2.45) is 5.92 Å². The Hall–Kier alpha value is -2.86. The van der Waals surface area contributed by atoms with Gasteiger partial charge in [0.05, 0.1) is 12.8 Å². The van der Waals surface area contributed by atoms with E-state index in [0.29, 0.717) is 23.1 Å². The van der Waals surface area contributed by atoms with Gasteiger partial charge in [-0.1, -0.05) is 25.1 Å². The molecule has 0 spiro atoms. The number of halogens is 1. The van der Waals surface area contributed by atoms with Crippen molar-refractivity contribution in [2.45, 2.75) is 26.4 Å². The zero-order chi connectivity index (χ0) is 20.6. The van der Waals surface area contributed by atoms with E-state index in [0.717, 1.165) is 36.3 Å².